The Labute approximate surface area is 304 Å². The predicted octanol–water partition coefficient (Wildman–Crippen LogP) is 11.2. The maximum absolute atomic E-state index is 12.6. The second kappa shape index (κ2) is 35.4. The van der Waals surface area contributed by atoms with Gasteiger partial charge in [0.05, 0.1) is 17.9 Å². The normalized spacial score (nSPS) is 14.0. The van der Waals surface area contributed by atoms with Crippen LogP contribution in [-0.2, 0) is 14.9 Å². The number of amides is 1. The number of aliphatic hydroxyl groups is 2. The first kappa shape index (κ1) is 48.0. The van der Waals surface area contributed by atoms with Gasteiger partial charge in [0.25, 0.3) is 10.1 Å². The molecule has 0 saturated heterocycles. The molecule has 3 unspecified atom stereocenters. The van der Waals surface area contributed by atoms with E-state index in [0.29, 0.717) is 6.42 Å². The largest absolute Gasteiger partial charge is 0.387 e. The van der Waals surface area contributed by atoms with E-state index in [9.17, 15) is 28.0 Å². The third-order valence-corrected chi connectivity index (χ3v) is 10.6. The summed E-state index contributed by atoms with van der Waals surface area (Å²) in [6, 6.07) is -1.23. The van der Waals surface area contributed by atoms with E-state index in [1.54, 1.807) is 0 Å². The van der Waals surface area contributed by atoms with Gasteiger partial charge in [0.1, 0.15) is 6.10 Å². The Morgan fingerprint density at radius 3 is 1.22 bits per heavy atom. The number of hydrogen-bond acceptors (Lipinski definition) is 5. The van der Waals surface area contributed by atoms with Crippen LogP contribution in [0.2, 0.25) is 0 Å². The van der Waals surface area contributed by atoms with Crippen molar-refractivity contribution in [3.63, 3.8) is 0 Å². The van der Waals surface area contributed by atoms with Crippen LogP contribution >= 0.6 is 0 Å². The van der Waals surface area contributed by atoms with E-state index in [0.717, 1.165) is 38.5 Å². The van der Waals surface area contributed by atoms with E-state index in [1.165, 1.54) is 160 Å². The van der Waals surface area contributed by atoms with Crippen molar-refractivity contribution >= 4 is 16.0 Å². The van der Waals surface area contributed by atoms with Crippen molar-refractivity contribution in [3.05, 3.63) is 12.2 Å². The van der Waals surface area contributed by atoms with Crippen LogP contribution in [0, 0.1) is 0 Å². The summed E-state index contributed by atoms with van der Waals surface area (Å²) in [6.07, 6.45) is 39.8. The average Bonchev–Trinajstić information content (AvgIpc) is 3.06. The maximum Gasteiger partial charge on any atom is 0.267 e. The number of hydrogen-bond donors (Lipinski definition) is 4. The van der Waals surface area contributed by atoms with Gasteiger partial charge in [0.15, 0.2) is 0 Å². The molecule has 0 fully saturated rings. The molecule has 0 aromatic rings. The Morgan fingerprint density at radius 1 is 0.551 bits per heavy atom. The standard InChI is InChI=1S/C41H81NO6S/c1-3-5-7-9-11-13-15-17-18-19-20-21-22-23-24-26-27-29-31-33-35-39(43)38(37-49(46,47)48)42-41(45)40(44)36-34-32-30-28-25-16-14-12-10-8-6-4-2/h33,35,38-40,43-44H,3-32,34,36-37H2,1-2H3,(H,42,45)(H,46,47,48)/b35-33+. The summed E-state index contributed by atoms with van der Waals surface area (Å²) in [5.41, 5.74) is 0. The molecule has 0 spiro atoms. The summed E-state index contributed by atoms with van der Waals surface area (Å²) in [5, 5.41) is 23.4. The minimum Gasteiger partial charge on any atom is -0.387 e. The van der Waals surface area contributed by atoms with E-state index in [-0.39, 0.29) is 6.42 Å². The van der Waals surface area contributed by atoms with Gasteiger partial charge in [-0.2, -0.15) is 8.42 Å². The van der Waals surface area contributed by atoms with Crippen molar-refractivity contribution in [1.82, 2.24) is 5.32 Å². The first-order valence-electron chi connectivity index (χ1n) is 21.0. The lowest BCUT2D eigenvalue weighted by molar-refractivity contribution is -0.130. The van der Waals surface area contributed by atoms with Crippen molar-refractivity contribution in [2.24, 2.45) is 0 Å². The molecule has 292 valence electrons. The molecular weight excluding hydrogens is 635 g/mol. The number of carbonyl (C=O) groups is 1. The molecule has 8 heteroatoms. The topological polar surface area (TPSA) is 124 Å². The summed E-state index contributed by atoms with van der Waals surface area (Å²) in [4.78, 5) is 12.6. The predicted molar refractivity (Wildman–Crippen MR) is 209 cm³/mol. The van der Waals surface area contributed by atoms with Gasteiger partial charge in [-0.15, -0.1) is 0 Å². The van der Waals surface area contributed by atoms with Gasteiger partial charge in [-0.3, -0.25) is 9.35 Å². The van der Waals surface area contributed by atoms with E-state index < -0.39 is 40.0 Å². The molecule has 0 aliphatic rings. The van der Waals surface area contributed by atoms with Crippen LogP contribution in [0.25, 0.3) is 0 Å². The third-order valence-electron chi connectivity index (χ3n) is 9.82. The Bertz CT molecular complexity index is 849. The number of aliphatic hydroxyl groups excluding tert-OH is 2. The molecule has 0 radical (unpaired) electrons. The van der Waals surface area contributed by atoms with Gasteiger partial charge in [-0.25, -0.2) is 0 Å². The molecular formula is C41H81NO6S. The monoisotopic (exact) mass is 716 g/mol. The fraction of sp³-hybridized carbons (Fsp3) is 0.927. The van der Waals surface area contributed by atoms with Crippen LogP contribution in [0.15, 0.2) is 12.2 Å². The number of unbranched alkanes of at least 4 members (excludes halogenated alkanes) is 29. The summed E-state index contributed by atoms with van der Waals surface area (Å²) in [7, 11) is -4.43. The molecule has 0 rings (SSSR count). The zero-order chi connectivity index (χ0) is 36.3. The highest BCUT2D eigenvalue weighted by molar-refractivity contribution is 7.85. The lowest BCUT2D eigenvalue weighted by atomic mass is 10.0. The highest BCUT2D eigenvalue weighted by Crippen LogP contribution is 2.16. The second-order valence-electron chi connectivity index (χ2n) is 14.8. The van der Waals surface area contributed by atoms with E-state index in [4.69, 9.17) is 0 Å². The summed E-state index contributed by atoms with van der Waals surface area (Å²) < 4.78 is 32.5. The number of nitrogens with one attached hydrogen (secondary N) is 1. The van der Waals surface area contributed by atoms with Gasteiger partial charge in [-0.1, -0.05) is 212 Å². The first-order valence-corrected chi connectivity index (χ1v) is 22.6. The van der Waals surface area contributed by atoms with Crippen molar-refractivity contribution in [2.45, 2.75) is 238 Å². The van der Waals surface area contributed by atoms with Crippen LogP contribution in [0.3, 0.4) is 0 Å². The van der Waals surface area contributed by atoms with Gasteiger partial charge in [0.2, 0.25) is 5.91 Å². The average molecular weight is 716 g/mol. The van der Waals surface area contributed by atoms with E-state index in [1.807, 2.05) is 6.08 Å². The van der Waals surface area contributed by atoms with Gasteiger partial charge >= 0.3 is 0 Å². The molecule has 4 N–H and O–H groups in total. The minimum atomic E-state index is -4.43. The number of rotatable bonds is 38. The summed E-state index contributed by atoms with van der Waals surface area (Å²) in [6.45, 7) is 4.51. The Kier molecular flexibility index (Phi) is 34.7. The molecule has 0 bridgehead atoms. The lowest BCUT2D eigenvalue weighted by Crippen LogP contribution is -2.50. The minimum absolute atomic E-state index is 0.285. The van der Waals surface area contributed by atoms with Gasteiger partial charge in [0, 0.05) is 0 Å². The number of carbonyl (C=O) groups excluding carboxylic acids is 1. The molecule has 3 atom stereocenters. The molecule has 0 saturated carbocycles. The van der Waals surface area contributed by atoms with Crippen molar-refractivity contribution in [2.75, 3.05) is 5.75 Å². The van der Waals surface area contributed by atoms with E-state index >= 15 is 0 Å². The zero-order valence-corrected chi connectivity index (χ0v) is 33.0. The molecule has 0 aliphatic carbocycles. The smallest absolute Gasteiger partial charge is 0.267 e. The second-order valence-corrected chi connectivity index (χ2v) is 16.3. The fourth-order valence-electron chi connectivity index (χ4n) is 6.57. The van der Waals surface area contributed by atoms with Crippen LogP contribution in [-0.4, -0.2) is 53.1 Å². The lowest BCUT2D eigenvalue weighted by Gasteiger charge is -2.22. The van der Waals surface area contributed by atoms with Crippen molar-refractivity contribution in [3.8, 4) is 0 Å². The van der Waals surface area contributed by atoms with E-state index in [2.05, 4.69) is 19.2 Å². The first-order chi connectivity index (χ1) is 23.7. The molecule has 0 aromatic heterocycles. The highest BCUT2D eigenvalue weighted by Gasteiger charge is 2.27. The zero-order valence-electron chi connectivity index (χ0n) is 32.2. The molecule has 49 heavy (non-hydrogen) atoms. The number of allylic oxidation sites excluding steroid dienone is 1. The molecule has 1 amide bonds. The van der Waals surface area contributed by atoms with Crippen LogP contribution in [0.4, 0.5) is 0 Å². The summed E-state index contributed by atoms with van der Waals surface area (Å²) >= 11 is 0. The maximum atomic E-state index is 12.6. The SMILES string of the molecule is CCCCCCCCCCCCCCCCCCCC/C=C/C(O)C(CS(=O)(=O)O)NC(=O)C(O)CCCCCCCCCCCCCC. The fourth-order valence-corrected chi connectivity index (χ4v) is 7.31. The molecule has 0 aliphatic heterocycles. The van der Waals surface area contributed by atoms with Crippen LogP contribution < -0.4 is 5.32 Å². The van der Waals surface area contributed by atoms with Crippen LogP contribution in [0.1, 0.15) is 219 Å². The van der Waals surface area contributed by atoms with Crippen molar-refractivity contribution in [1.29, 1.82) is 0 Å². The Morgan fingerprint density at radius 2 is 0.878 bits per heavy atom. The Hall–Kier alpha value is -0.960. The highest BCUT2D eigenvalue weighted by atomic mass is 32.2. The molecule has 7 nitrogen and oxygen atoms in total. The van der Waals surface area contributed by atoms with Gasteiger partial charge in [-0.05, 0) is 19.3 Å². The molecule has 0 heterocycles. The Balaban J connectivity index is 3.98. The quantitative estimate of drug-likeness (QED) is 0.0286. The summed E-state index contributed by atoms with van der Waals surface area (Å²) in [5.74, 6) is -1.53. The van der Waals surface area contributed by atoms with Crippen LogP contribution in [0.5, 0.6) is 0 Å². The third kappa shape index (κ3) is 35.2. The van der Waals surface area contributed by atoms with Gasteiger partial charge < -0.3 is 15.5 Å². The molecule has 0 aromatic carbocycles. The van der Waals surface area contributed by atoms with Crippen molar-refractivity contribution < 1.29 is 28.0 Å².